The lowest BCUT2D eigenvalue weighted by atomic mass is 9.88. The summed E-state index contributed by atoms with van der Waals surface area (Å²) in [6.07, 6.45) is 3.49. The number of likely N-dealkylation sites (tertiary alicyclic amines) is 1. The van der Waals surface area contributed by atoms with Crippen LogP contribution >= 0.6 is 34.8 Å². The maximum atomic E-state index is 14.1. The van der Waals surface area contributed by atoms with Crippen LogP contribution in [0, 0.1) is 5.21 Å². The van der Waals surface area contributed by atoms with E-state index in [9.17, 15) is 5.21 Å². The SMILES string of the molecule is CC(C)(C)N1CCC(c2cc(-c3ccccc3Cl)c3ccnc(-c4c(Cl)cccc4Cl)c3[n+]2[O-])CC1. The zero-order valence-corrected chi connectivity index (χ0v) is 22.8. The van der Waals surface area contributed by atoms with Gasteiger partial charge in [-0.25, -0.2) is 4.98 Å². The van der Waals surface area contributed by atoms with Gasteiger partial charge in [-0.2, -0.15) is 4.73 Å². The molecular formula is C29H28Cl3N3O. The van der Waals surface area contributed by atoms with Crippen molar-refractivity contribution in [3.63, 3.8) is 0 Å². The average molecular weight is 541 g/mol. The van der Waals surface area contributed by atoms with Crippen molar-refractivity contribution in [1.29, 1.82) is 0 Å². The molecule has 4 nitrogen and oxygen atoms in total. The molecule has 0 saturated carbocycles. The van der Waals surface area contributed by atoms with Crippen molar-refractivity contribution in [3.8, 4) is 22.4 Å². The molecule has 1 fully saturated rings. The van der Waals surface area contributed by atoms with Crippen LogP contribution in [-0.4, -0.2) is 28.5 Å². The number of hydrogen-bond donors (Lipinski definition) is 0. The Kier molecular flexibility index (Phi) is 6.90. The molecule has 0 aliphatic carbocycles. The lowest BCUT2D eigenvalue weighted by Gasteiger charge is -2.40. The van der Waals surface area contributed by atoms with Gasteiger partial charge in [-0.3, -0.25) is 4.90 Å². The molecule has 0 N–H and O–H groups in total. The Hall–Kier alpha value is -2.37. The molecule has 1 aliphatic rings. The van der Waals surface area contributed by atoms with Gasteiger partial charge in [0, 0.05) is 45.4 Å². The van der Waals surface area contributed by atoms with E-state index in [-0.39, 0.29) is 11.5 Å². The third-order valence-corrected chi connectivity index (χ3v) is 8.13. The highest BCUT2D eigenvalue weighted by atomic mass is 35.5. The normalized spacial score (nSPS) is 15.5. The number of hydrogen-bond acceptors (Lipinski definition) is 3. The van der Waals surface area contributed by atoms with Crippen molar-refractivity contribution in [1.82, 2.24) is 9.88 Å². The molecule has 0 bridgehead atoms. The number of rotatable bonds is 3. The van der Waals surface area contributed by atoms with Crippen molar-refractivity contribution in [2.75, 3.05) is 13.1 Å². The van der Waals surface area contributed by atoms with Crippen molar-refractivity contribution in [2.24, 2.45) is 0 Å². The van der Waals surface area contributed by atoms with Gasteiger partial charge in [-0.1, -0.05) is 59.1 Å². The minimum absolute atomic E-state index is 0.0996. The average Bonchev–Trinajstić information content (AvgIpc) is 2.84. The first-order chi connectivity index (χ1) is 17.2. The van der Waals surface area contributed by atoms with E-state index >= 15 is 0 Å². The van der Waals surface area contributed by atoms with Crippen molar-refractivity contribution < 1.29 is 4.73 Å². The summed E-state index contributed by atoms with van der Waals surface area (Å²) in [6.45, 7) is 8.57. The number of fused-ring (bicyclic) bond motifs is 1. The van der Waals surface area contributed by atoms with Gasteiger partial charge in [0.05, 0.1) is 15.4 Å². The predicted molar refractivity (Wildman–Crippen MR) is 150 cm³/mol. The Morgan fingerprint density at radius 1 is 0.889 bits per heavy atom. The van der Waals surface area contributed by atoms with E-state index < -0.39 is 0 Å². The second kappa shape index (κ2) is 9.83. The summed E-state index contributed by atoms with van der Waals surface area (Å²) in [5.41, 5.74) is 4.09. The van der Waals surface area contributed by atoms with E-state index in [1.54, 1.807) is 24.4 Å². The van der Waals surface area contributed by atoms with Crippen LogP contribution in [0.15, 0.2) is 60.8 Å². The molecule has 0 atom stereocenters. The Labute approximate surface area is 227 Å². The molecule has 36 heavy (non-hydrogen) atoms. The van der Waals surface area contributed by atoms with Crippen LogP contribution in [0.5, 0.6) is 0 Å². The maximum Gasteiger partial charge on any atom is 0.251 e. The quantitative estimate of drug-likeness (QED) is 0.194. The van der Waals surface area contributed by atoms with Crippen LogP contribution in [-0.2, 0) is 0 Å². The molecule has 0 unspecified atom stereocenters. The van der Waals surface area contributed by atoms with Crippen LogP contribution in [0.25, 0.3) is 33.3 Å². The number of nitrogens with zero attached hydrogens (tertiary/aromatic N) is 3. The largest absolute Gasteiger partial charge is 0.618 e. The summed E-state index contributed by atoms with van der Waals surface area (Å²) >= 11 is 19.8. The second-order valence-corrected chi connectivity index (χ2v) is 11.6. The first kappa shape index (κ1) is 25.3. The molecule has 5 rings (SSSR count). The minimum Gasteiger partial charge on any atom is -0.618 e. The summed E-state index contributed by atoms with van der Waals surface area (Å²) in [7, 11) is 0. The first-order valence-corrected chi connectivity index (χ1v) is 13.3. The van der Waals surface area contributed by atoms with Gasteiger partial charge in [-0.15, -0.1) is 0 Å². The van der Waals surface area contributed by atoms with E-state index in [4.69, 9.17) is 34.8 Å². The molecule has 7 heteroatoms. The summed E-state index contributed by atoms with van der Waals surface area (Å²) in [6, 6.07) is 16.9. The number of pyridine rings is 2. The second-order valence-electron chi connectivity index (χ2n) is 10.3. The number of halogens is 3. The molecule has 2 aromatic carbocycles. The molecule has 1 aliphatic heterocycles. The highest BCUT2D eigenvalue weighted by molar-refractivity contribution is 6.39. The molecule has 1 saturated heterocycles. The lowest BCUT2D eigenvalue weighted by Crippen LogP contribution is -2.47. The van der Waals surface area contributed by atoms with E-state index in [0.29, 0.717) is 31.8 Å². The highest BCUT2D eigenvalue weighted by Crippen LogP contribution is 2.41. The number of benzene rings is 2. The molecule has 0 amide bonds. The van der Waals surface area contributed by atoms with Crippen LogP contribution in [0.3, 0.4) is 0 Å². The molecular weight excluding hydrogens is 513 g/mol. The van der Waals surface area contributed by atoms with Gasteiger partial charge in [0.25, 0.3) is 5.52 Å². The third kappa shape index (κ3) is 4.56. The van der Waals surface area contributed by atoms with Gasteiger partial charge in [-0.05, 0) is 71.0 Å². The van der Waals surface area contributed by atoms with Gasteiger partial charge < -0.3 is 5.21 Å². The van der Waals surface area contributed by atoms with Gasteiger partial charge >= 0.3 is 0 Å². The Morgan fingerprint density at radius 2 is 1.53 bits per heavy atom. The summed E-state index contributed by atoms with van der Waals surface area (Å²) in [5.74, 6) is 0.113. The van der Waals surface area contributed by atoms with E-state index in [0.717, 1.165) is 52.9 Å². The van der Waals surface area contributed by atoms with Gasteiger partial charge in [0.15, 0.2) is 5.69 Å². The molecule has 4 aromatic rings. The molecule has 0 radical (unpaired) electrons. The van der Waals surface area contributed by atoms with Crippen LogP contribution in [0.2, 0.25) is 15.1 Å². The lowest BCUT2D eigenvalue weighted by molar-refractivity contribution is -0.587. The highest BCUT2D eigenvalue weighted by Gasteiger charge is 2.33. The monoisotopic (exact) mass is 539 g/mol. The Balaban J connectivity index is 1.77. The Morgan fingerprint density at radius 3 is 2.17 bits per heavy atom. The standard InChI is InChI=1S/C29H28Cl3N3O/c1-29(2,3)34-15-12-18(13-16-34)25-17-21(19-7-4-5-8-22(19)30)20-11-14-33-27(28(20)35(25)36)26-23(31)9-6-10-24(26)32/h4-11,14,17-18H,12-13,15-16H2,1-3H3. The van der Waals surface area contributed by atoms with Crippen molar-refractivity contribution >= 4 is 45.7 Å². The number of piperidine rings is 1. The van der Waals surface area contributed by atoms with E-state index in [2.05, 4.69) is 30.7 Å². The minimum atomic E-state index is 0.0996. The fourth-order valence-corrected chi connectivity index (χ4v) is 6.04. The maximum absolute atomic E-state index is 14.1. The summed E-state index contributed by atoms with van der Waals surface area (Å²) in [4.78, 5) is 7.09. The van der Waals surface area contributed by atoms with Crippen LogP contribution in [0.1, 0.15) is 45.2 Å². The fraction of sp³-hybridized carbons (Fsp3) is 0.310. The van der Waals surface area contributed by atoms with Crippen LogP contribution in [0.4, 0.5) is 0 Å². The van der Waals surface area contributed by atoms with E-state index in [1.165, 1.54) is 0 Å². The molecule has 0 spiro atoms. The number of aromatic nitrogens is 2. The molecule has 2 aromatic heterocycles. The smallest absolute Gasteiger partial charge is 0.251 e. The fourth-order valence-electron chi connectivity index (χ4n) is 5.23. The van der Waals surface area contributed by atoms with Gasteiger partial charge in [0.2, 0.25) is 0 Å². The Bertz CT molecular complexity index is 1420. The van der Waals surface area contributed by atoms with Gasteiger partial charge in [0.1, 0.15) is 5.69 Å². The predicted octanol–water partition coefficient (Wildman–Crippen LogP) is 8.14. The first-order valence-electron chi connectivity index (χ1n) is 12.2. The zero-order chi connectivity index (χ0) is 25.6. The summed E-state index contributed by atoms with van der Waals surface area (Å²) < 4.78 is 1.05. The zero-order valence-electron chi connectivity index (χ0n) is 20.6. The van der Waals surface area contributed by atoms with Crippen LogP contribution < -0.4 is 4.73 Å². The molecule has 3 heterocycles. The van der Waals surface area contributed by atoms with Crippen molar-refractivity contribution in [2.45, 2.75) is 45.1 Å². The summed E-state index contributed by atoms with van der Waals surface area (Å²) in [5, 5.41) is 16.4. The third-order valence-electron chi connectivity index (χ3n) is 7.17. The van der Waals surface area contributed by atoms with Crippen molar-refractivity contribution in [3.05, 3.63) is 86.8 Å². The topological polar surface area (TPSA) is 43.1 Å². The molecule has 186 valence electrons. The van der Waals surface area contributed by atoms with E-state index in [1.807, 2.05) is 36.4 Å².